The number of benzene rings is 2. The summed E-state index contributed by atoms with van der Waals surface area (Å²) in [5.74, 6) is 0. The fourth-order valence-corrected chi connectivity index (χ4v) is 3.64. The Hall–Kier alpha value is -1.23. The molecule has 96 valence electrons. The van der Waals surface area contributed by atoms with Gasteiger partial charge in [0, 0.05) is 30.9 Å². The molecule has 0 radical (unpaired) electrons. The minimum Gasteiger partial charge on any atom is -0.390 e. The number of aromatic nitrogens is 1. The van der Waals surface area contributed by atoms with Gasteiger partial charge in [0.2, 0.25) is 0 Å². The van der Waals surface area contributed by atoms with Crippen molar-refractivity contribution in [2.75, 3.05) is 0 Å². The third-order valence-electron chi connectivity index (χ3n) is 2.87. The maximum atomic E-state index is 9.18. The Morgan fingerprint density at radius 2 is 1.84 bits per heavy atom. The lowest BCUT2D eigenvalue weighted by Gasteiger charge is -2.03. The van der Waals surface area contributed by atoms with Crippen molar-refractivity contribution in [3.8, 4) is 0 Å². The smallest absolute Gasteiger partial charge is 0.0831 e. The minimum atomic E-state index is 0.0300. The molecule has 0 spiro atoms. The van der Waals surface area contributed by atoms with Crippen molar-refractivity contribution in [2.45, 2.75) is 16.4 Å². The summed E-state index contributed by atoms with van der Waals surface area (Å²) in [5.41, 5.74) is 1.87. The molecule has 0 saturated carbocycles. The fourth-order valence-electron chi connectivity index (χ4n) is 2.00. The van der Waals surface area contributed by atoms with Crippen LogP contribution in [0.4, 0.5) is 0 Å². The summed E-state index contributed by atoms with van der Waals surface area (Å²) in [6, 6.07) is 16.5. The van der Waals surface area contributed by atoms with Gasteiger partial charge in [-0.3, -0.25) is 0 Å². The number of aliphatic hydroxyl groups excluding tert-OH is 1. The molecule has 0 saturated heterocycles. The predicted octanol–water partition coefficient (Wildman–Crippen LogP) is 4.57. The summed E-state index contributed by atoms with van der Waals surface area (Å²) in [5, 5.41) is 10.3. The first-order valence-electron chi connectivity index (χ1n) is 5.91. The molecule has 19 heavy (non-hydrogen) atoms. The second kappa shape index (κ2) is 5.41. The molecule has 2 nitrogen and oxygen atoms in total. The highest BCUT2D eigenvalue weighted by Crippen LogP contribution is 2.34. The second-order valence-corrected chi connectivity index (χ2v) is 6.24. The van der Waals surface area contributed by atoms with Gasteiger partial charge in [0.15, 0.2) is 0 Å². The molecule has 0 aliphatic carbocycles. The number of fused-ring (bicyclic) bond motifs is 1. The zero-order valence-corrected chi connectivity index (χ0v) is 12.5. The first kappa shape index (κ1) is 12.8. The Morgan fingerprint density at radius 1 is 1.05 bits per heavy atom. The average molecular weight is 334 g/mol. The largest absolute Gasteiger partial charge is 0.390 e. The molecule has 4 heteroatoms. The van der Waals surface area contributed by atoms with E-state index >= 15 is 0 Å². The van der Waals surface area contributed by atoms with Crippen molar-refractivity contribution in [3.05, 3.63) is 58.7 Å². The fraction of sp³-hybridized carbons (Fsp3) is 0.0667. The van der Waals surface area contributed by atoms with Crippen LogP contribution in [0, 0.1) is 0 Å². The van der Waals surface area contributed by atoms with Crippen LogP contribution in [-0.4, -0.2) is 10.1 Å². The number of aliphatic hydroxyl groups is 1. The van der Waals surface area contributed by atoms with Crippen molar-refractivity contribution >= 4 is 38.6 Å². The molecule has 0 aliphatic rings. The molecule has 0 amide bonds. The molecule has 0 atom stereocenters. The van der Waals surface area contributed by atoms with Crippen molar-refractivity contribution in [2.24, 2.45) is 0 Å². The lowest BCUT2D eigenvalue weighted by molar-refractivity contribution is 0.278. The van der Waals surface area contributed by atoms with E-state index in [-0.39, 0.29) is 6.61 Å². The van der Waals surface area contributed by atoms with Crippen LogP contribution in [0.25, 0.3) is 10.9 Å². The molecule has 0 bridgehead atoms. The standard InChI is InChI=1S/C15H12BrNOS/c16-14-7-12(19-11-4-2-1-3-5-11)8-15-13(14)6-10(9-18)17-15/h1-8,17-18H,9H2. The molecule has 0 unspecified atom stereocenters. The van der Waals surface area contributed by atoms with Crippen LogP contribution in [0.1, 0.15) is 5.69 Å². The quantitative estimate of drug-likeness (QED) is 0.736. The second-order valence-electron chi connectivity index (χ2n) is 4.23. The van der Waals surface area contributed by atoms with Crippen molar-refractivity contribution in [1.82, 2.24) is 4.98 Å². The zero-order valence-electron chi connectivity index (χ0n) is 10.1. The van der Waals surface area contributed by atoms with Crippen molar-refractivity contribution in [1.29, 1.82) is 0 Å². The van der Waals surface area contributed by atoms with Gasteiger partial charge in [-0.15, -0.1) is 0 Å². The molecule has 0 fully saturated rings. The van der Waals surface area contributed by atoms with E-state index in [1.165, 1.54) is 4.90 Å². The summed E-state index contributed by atoms with van der Waals surface area (Å²) >= 11 is 5.31. The molecule has 0 aliphatic heterocycles. The number of H-pyrrole nitrogens is 1. The molecule has 1 heterocycles. The van der Waals surface area contributed by atoms with Crippen LogP contribution in [0.15, 0.2) is 62.8 Å². The minimum absolute atomic E-state index is 0.0300. The van der Waals surface area contributed by atoms with Crippen LogP contribution in [0.3, 0.4) is 0 Å². The van der Waals surface area contributed by atoms with Gasteiger partial charge in [0.25, 0.3) is 0 Å². The lowest BCUT2D eigenvalue weighted by Crippen LogP contribution is -1.79. The number of rotatable bonds is 3. The number of halogens is 1. The predicted molar refractivity (Wildman–Crippen MR) is 82.5 cm³/mol. The van der Waals surface area contributed by atoms with Gasteiger partial charge < -0.3 is 10.1 Å². The van der Waals surface area contributed by atoms with E-state index in [9.17, 15) is 5.11 Å². The van der Waals surface area contributed by atoms with E-state index in [1.807, 2.05) is 24.3 Å². The maximum absolute atomic E-state index is 9.18. The van der Waals surface area contributed by atoms with E-state index in [4.69, 9.17) is 0 Å². The number of hydrogen-bond acceptors (Lipinski definition) is 2. The Balaban J connectivity index is 2.01. The molecular weight excluding hydrogens is 322 g/mol. The maximum Gasteiger partial charge on any atom is 0.0831 e. The number of nitrogens with one attached hydrogen (secondary N) is 1. The van der Waals surface area contributed by atoms with Crippen LogP contribution in [0.2, 0.25) is 0 Å². The summed E-state index contributed by atoms with van der Waals surface area (Å²) < 4.78 is 1.04. The zero-order chi connectivity index (χ0) is 13.2. The van der Waals surface area contributed by atoms with Gasteiger partial charge in [-0.1, -0.05) is 45.9 Å². The SMILES string of the molecule is OCc1cc2c(Br)cc(Sc3ccccc3)cc2[nH]1. The Kier molecular flexibility index (Phi) is 3.64. The monoisotopic (exact) mass is 333 g/mol. The van der Waals surface area contributed by atoms with Gasteiger partial charge in [0.05, 0.1) is 6.61 Å². The van der Waals surface area contributed by atoms with E-state index in [0.29, 0.717) is 0 Å². The third-order valence-corrected chi connectivity index (χ3v) is 4.50. The van der Waals surface area contributed by atoms with Crippen molar-refractivity contribution in [3.63, 3.8) is 0 Å². The summed E-state index contributed by atoms with van der Waals surface area (Å²) in [7, 11) is 0. The van der Waals surface area contributed by atoms with Gasteiger partial charge in [-0.05, 0) is 30.3 Å². The highest BCUT2D eigenvalue weighted by atomic mass is 79.9. The first-order valence-corrected chi connectivity index (χ1v) is 7.52. The molecule has 3 aromatic rings. The first-order chi connectivity index (χ1) is 9.26. The number of aromatic amines is 1. The highest BCUT2D eigenvalue weighted by Gasteiger charge is 2.07. The molecule has 2 aromatic carbocycles. The Morgan fingerprint density at radius 3 is 2.58 bits per heavy atom. The van der Waals surface area contributed by atoms with Gasteiger partial charge in [-0.25, -0.2) is 0 Å². The van der Waals surface area contributed by atoms with Crippen LogP contribution in [-0.2, 0) is 6.61 Å². The van der Waals surface area contributed by atoms with Crippen molar-refractivity contribution < 1.29 is 5.11 Å². The lowest BCUT2D eigenvalue weighted by atomic mass is 10.2. The third kappa shape index (κ3) is 2.71. The summed E-state index contributed by atoms with van der Waals surface area (Å²) in [6.07, 6.45) is 0. The van der Waals surface area contributed by atoms with E-state index in [1.54, 1.807) is 11.8 Å². The van der Waals surface area contributed by atoms with Crippen LogP contribution in [0.5, 0.6) is 0 Å². The van der Waals surface area contributed by atoms with E-state index in [0.717, 1.165) is 26.0 Å². The topological polar surface area (TPSA) is 36.0 Å². The van der Waals surface area contributed by atoms with Gasteiger partial charge >= 0.3 is 0 Å². The summed E-state index contributed by atoms with van der Waals surface area (Å²) in [6.45, 7) is 0.0300. The molecular formula is C15H12BrNOS. The Labute approximate surface area is 124 Å². The Bertz CT molecular complexity index is 709. The summed E-state index contributed by atoms with van der Waals surface area (Å²) in [4.78, 5) is 5.59. The molecule has 1 aromatic heterocycles. The van der Waals surface area contributed by atoms with E-state index in [2.05, 4.69) is 45.2 Å². The van der Waals surface area contributed by atoms with E-state index < -0.39 is 0 Å². The molecule has 2 N–H and O–H groups in total. The number of hydrogen-bond donors (Lipinski definition) is 2. The molecule has 3 rings (SSSR count). The van der Waals surface area contributed by atoms with Crippen LogP contribution >= 0.6 is 27.7 Å². The highest BCUT2D eigenvalue weighted by molar-refractivity contribution is 9.10. The van der Waals surface area contributed by atoms with Gasteiger partial charge in [0.1, 0.15) is 0 Å². The van der Waals surface area contributed by atoms with Gasteiger partial charge in [-0.2, -0.15) is 0 Å². The van der Waals surface area contributed by atoms with Crippen LogP contribution < -0.4 is 0 Å². The average Bonchev–Trinajstić information content (AvgIpc) is 2.83. The normalized spacial score (nSPS) is 11.1.